The van der Waals surface area contributed by atoms with Crippen LogP contribution >= 0.6 is 0 Å². The van der Waals surface area contributed by atoms with Crippen molar-refractivity contribution in [2.75, 3.05) is 25.4 Å². The van der Waals surface area contributed by atoms with Gasteiger partial charge in [-0.05, 0) is 17.2 Å². The van der Waals surface area contributed by atoms with Crippen LogP contribution in [0, 0.1) is 0 Å². The summed E-state index contributed by atoms with van der Waals surface area (Å²) in [6.07, 6.45) is 0. The molecule has 0 aliphatic carbocycles. The average molecular weight is 256 g/mol. The fourth-order valence-corrected chi connectivity index (χ4v) is 1.73. The molecule has 18 heavy (non-hydrogen) atoms. The Hall–Kier alpha value is -2.16. The van der Waals surface area contributed by atoms with Gasteiger partial charge in [-0.2, -0.15) is 0 Å². The summed E-state index contributed by atoms with van der Waals surface area (Å²) in [4.78, 5) is 23.7. The van der Waals surface area contributed by atoms with Crippen molar-refractivity contribution in [2.45, 2.75) is 12.5 Å². The van der Waals surface area contributed by atoms with E-state index in [1.807, 2.05) is 0 Å². The summed E-state index contributed by atoms with van der Waals surface area (Å²) in [6, 6.07) is 0. The van der Waals surface area contributed by atoms with E-state index in [4.69, 9.17) is 15.6 Å². The van der Waals surface area contributed by atoms with Crippen molar-refractivity contribution in [1.29, 1.82) is 0 Å². The molecular formula is C9H12N4O5. The van der Waals surface area contributed by atoms with Crippen molar-refractivity contribution in [3.63, 3.8) is 0 Å². The van der Waals surface area contributed by atoms with E-state index in [0.717, 1.165) is 0 Å². The highest BCUT2D eigenvalue weighted by molar-refractivity contribution is 5.96. The lowest BCUT2D eigenvalue weighted by molar-refractivity contribution is -0.159. The van der Waals surface area contributed by atoms with Crippen molar-refractivity contribution in [1.82, 2.24) is 15.2 Å². The van der Waals surface area contributed by atoms with Gasteiger partial charge in [-0.15, -0.1) is 0 Å². The van der Waals surface area contributed by atoms with Gasteiger partial charge in [0.15, 0.2) is 0 Å². The minimum absolute atomic E-state index is 0.0460. The zero-order valence-corrected chi connectivity index (χ0v) is 9.62. The van der Waals surface area contributed by atoms with Gasteiger partial charge in [-0.1, -0.05) is 0 Å². The molecule has 0 radical (unpaired) electrons. The number of hydrogen-bond acceptors (Lipinski definition) is 7. The Morgan fingerprint density at radius 1 is 1.56 bits per heavy atom. The molecule has 0 spiro atoms. The summed E-state index contributed by atoms with van der Waals surface area (Å²) in [5.74, 6) is -1.53. The number of carbonyl (C=O) groups is 2. The van der Waals surface area contributed by atoms with E-state index >= 15 is 0 Å². The number of nitrogen functional groups attached to an aromatic ring is 1. The second kappa shape index (κ2) is 4.26. The lowest BCUT2D eigenvalue weighted by Gasteiger charge is -2.46. The second-order valence-corrected chi connectivity index (χ2v) is 4.29. The Morgan fingerprint density at radius 3 is 2.72 bits per heavy atom. The normalized spacial score (nSPS) is 17.3. The molecule has 0 atom stereocenters. The van der Waals surface area contributed by atoms with Crippen molar-refractivity contribution in [3.8, 4) is 0 Å². The van der Waals surface area contributed by atoms with Crippen LogP contribution in [-0.2, 0) is 9.53 Å². The molecule has 1 saturated heterocycles. The highest BCUT2D eigenvalue weighted by Crippen LogP contribution is 2.26. The van der Waals surface area contributed by atoms with Crippen LogP contribution in [-0.4, -0.2) is 57.5 Å². The van der Waals surface area contributed by atoms with Gasteiger partial charge < -0.3 is 20.5 Å². The van der Waals surface area contributed by atoms with E-state index in [1.165, 1.54) is 4.90 Å². The van der Waals surface area contributed by atoms with Crippen molar-refractivity contribution < 1.29 is 24.1 Å². The number of nitrogens with zero attached hydrogens (tertiary/aromatic N) is 3. The van der Waals surface area contributed by atoms with Crippen LogP contribution < -0.4 is 5.73 Å². The van der Waals surface area contributed by atoms with Gasteiger partial charge >= 0.3 is 5.97 Å². The van der Waals surface area contributed by atoms with Crippen LogP contribution in [0.5, 0.6) is 0 Å². The molecule has 98 valence electrons. The first kappa shape index (κ1) is 12.3. The number of nitrogens with two attached hydrogens (primary N) is 1. The van der Waals surface area contributed by atoms with Gasteiger partial charge in [0.25, 0.3) is 5.91 Å². The maximum Gasteiger partial charge on any atom is 0.329 e. The fourth-order valence-electron chi connectivity index (χ4n) is 1.73. The largest absolute Gasteiger partial charge is 0.480 e. The first-order valence-corrected chi connectivity index (χ1v) is 5.14. The quantitative estimate of drug-likeness (QED) is 0.698. The molecule has 1 amide bonds. The Kier molecular flexibility index (Phi) is 2.91. The minimum Gasteiger partial charge on any atom is -0.480 e. The molecule has 1 aromatic heterocycles. The lowest BCUT2D eigenvalue weighted by Crippen LogP contribution is -2.63. The first-order valence-electron chi connectivity index (χ1n) is 5.14. The minimum atomic E-state index is -1.05. The third-order valence-corrected chi connectivity index (χ3v) is 2.60. The molecule has 9 nitrogen and oxygen atoms in total. The van der Waals surface area contributed by atoms with Crippen molar-refractivity contribution in [2.24, 2.45) is 0 Å². The van der Waals surface area contributed by atoms with Gasteiger partial charge in [-0.25, -0.2) is 9.42 Å². The van der Waals surface area contributed by atoms with Crippen LogP contribution in [0.3, 0.4) is 0 Å². The monoisotopic (exact) mass is 256 g/mol. The van der Waals surface area contributed by atoms with Gasteiger partial charge in [0.1, 0.15) is 12.2 Å². The molecule has 2 rings (SSSR count). The number of rotatable bonds is 4. The van der Waals surface area contributed by atoms with Crippen molar-refractivity contribution in [3.05, 3.63) is 5.69 Å². The zero-order chi connectivity index (χ0) is 13.3. The summed E-state index contributed by atoms with van der Waals surface area (Å²) in [6.45, 7) is 1.87. The summed E-state index contributed by atoms with van der Waals surface area (Å²) in [5.41, 5.74) is 4.70. The Morgan fingerprint density at radius 2 is 2.22 bits per heavy atom. The van der Waals surface area contributed by atoms with E-state index in [1.54, 1.807) is 6.92 Å². The maximum absolute atomic E-state index is 11.8. The number of carboxylic acid groups (broad SMARTS) is 1. The predicted molar refractivity (Wildman–Crippen MR) is 56.6 cm³/mol. The highest BCUT2D eigenvalue weighted by atomic mass is 16.6. The van der Waals surface area contributed by atoms with Crippen molar-refractivity contribution >= 4 is 17.7 Å². The Labute approximate surface area is 101 Å². The molecule has 1 fully saturated rings. The number of hydrogen-bond donors (Lipinski definition) is 2. The molecule has 1 aromatic rings. The van der Waals surface area contributed by atoms with Crippen LogP contribution in [0.15, 0.2) is 4.63 Å². The first-order chi connectivity index (χ1) is 8.41. The van der Waals surface area contributed by atoms with E-state index in [9.17, 15) is 9.59 Å². The number of anilines is 1. The molecule has 0 bridgehead atoms. The lowest BCUT2D eigenvalue weighted by atomic mass is 9.96. The molecule has 0 saturated carbocycles. The highest BCUT2D eigenvalue weighted by Gasteiger charge is 2.44. The van der Waals surface area contributed by atoms with Gasteiger partial charge in [0, 0.05) is 0 Å². The SMILES string of the molecule is CC1(OCC(=O)O)CN(C(=O)c2nonc2N)C1. The zero-order valence-electron chi connectivity index (χ0n) is 9.62. The van der Waals surface area contributed by atoms with Crippen LogP contribution in [0.2, 0.25) is 0 Å². The predicted octanol–water partition coefficient (Wildman–Crippen LogP) is -1.03. The molecule has 0 aromatic carbocycles. The Bertz CT molecular complexity index is 479. The maximum atomic E-state index is 11.8. The third kappa shape index (κ3) is 2.25. The summed E-state index contributed by atoms with van der Waals surface area (Å²) >= 11 is 0. The molecular weight excluding hydrogens is 244 g/mol. The van der Waals surface area contributed by atoms with E-state index < -0.39 is 24.1 Å². The summed E-state index contributed by atoms with van der Waals surface area (Å²) in [7, 11) is 0. The van der Waals surface area contributed by atoms with Gasteiger partial charge in [0.2, 0.25) is 11.5 Å². The van der Waals surface area contributed by atoms with Gasteiger partial charge in [-0.3, -0.25) is 4.79 Å². The Balaban J connectivity index is 1.91. The molecule has 0 unspecified atom stereocenters. The average Bonchev–Trinajstić information content (AvgIpc) is 2.68. The molecule has 1 aliphatic heterocycles. The van der Waals surface area contributed by atoms with Crippen LogP contribution in [0.4, 0.5) is 5.82 Å². The van der Waals surface area contributed by atoms with E-state index in [0.29, 0.717) is 0 Å². The number of ether oxygens (including phenoxy) is 1. The van der Waals surface area contributed by atoms with Gasteiger partial charge in [0.05, 0.1) is 13.1 Å². The number of likely N-dealkylation sites (tertiary alicyclic amines) is 1. The van der Waals surface area contributed by atoms with Crippen LogP contribution in [0.25, 0.3) is 0 Å². The second-order valence-electron chi connectivity index (χ2n) is 4.29. The topological polar surface area (TPSA) is 132 Å². The smallest absolute Gasteiger partial charge is 0.329 e. The molecule has 1 aliphatic rings. The number of carboxylic acids is 1. The molecule has 3 N–H and O–H groups in total. The summed E-state index contributed by atoms with van der Waals surface area (Å²) < 4.78 is 9.51. The number of carbonyl (C=O) groups excluding carboxylic acids is 1. The third-order valence-electron chi connectivity index (χ3n) is 2.60. The number of amides is 1. The summed E-state index contributed by atoms with van der Waals surface area (Å²) in [5, 5.41) is 15.2. The standard InChI is InChI=1S/C9H12N4O5/c1-9(17-2-5(14)15)3-13(4-9)8(16)6-7(10)12-18-11-6/h2-4H2,1H3,(H2,10,12)(H,14,15). The van der Waals surface area contributed by atoms with Crippen LogP contribution in [0.1, 0.15) is 17.4 Å². The van der Waals surface area contributed by atoms with E-state index in [2.05, 4.69) is 14.9 Å². The molecule has 9 heteroatoms. The fraction of sp³-hybridized carbons (Fsp3) is 0.556. The van der Waals surface area contributed by atoms with E-state index in [-0.39, 0.29) is 24.6 Å². The number of aromatic nitrogens is 2. The molecule has 2 heterocycles. The number of aliphatic carboxylic acids is 1.